The SMILES string of the molecule is Br.CNC(C)(CCC1CCC1)C(OC)(c1ccccc1)c1ccccc1. The largest absolute Gasteiger partial charge is 0.367 e. The summed E-state index contributed by atoms with van der Waals surface area (Å²) in [6.07, 6.45) is 6.51. The fourth-order valence-corrected chi connectivity index (χ4v) is 4.36. The molecule has 0 spiro atoms. The van der Waals surface area contributed by atoms with Crippen LogP contribution >= 0.6 is 17.0 Å². The Morgan fingerprint density at radius 2 is 1.46 bits per heavy atom. The van der Waals surface area contributed by atoms with Gasteiger partial charge in [0.25, 0.3) is 0 Å². The van der Waals surface area contributed by atoms with E-state index in [2.05, 4.69) is 80.0 Å². The summed E-state index contributed by atoms with van der Waals surface area (Å²) < 4.78 is 6.39. The Balaban J connectivity index is 0.00000243. The molecule has 0 aliphatic heterocycles. The van der Waals surface area contributed by atoms with Crippen molar-refractivity contribution >= 4 is 17.0 Å². The second-order valence-electron chi connectivity index (χ2n) is 7.54. The van der Waals surface area contributed by atoms with Gasteiger partial charge in [-0.15, -0.1) is 17.0 Å². The van der Waals surface area contributed by atoms with Crippen LogP contribution in [-0.4, -0.2) is 19.7 Å². The number of nitrogens with one attached hydrogen (secondary N) is 1. The van der Waals surface area contributed by atoms with E-state index in [0.717, 1.165) is 12.3 Å². The summed E-state index contributed by atoms with van der Waals surface area (Å²) in [7, 11) is 3.92. The molecule has 2 aromatic carbocycles. The van der Waals surface area contributed by atoms with Gasteiger partial charge in [-0.3, -0.25) is 0 Å². The number of likely N-dealkylation sites (N-methyl/N-ethyl adjacent to an activating group) is 1. The highest BCUT2D eigenvalue weighted by Gasteiger charge is 2.50. The molecule has 1 aliphatic rings. The van der Waals surface area contributed by atoms with Crippen LogP contribution in [0.5, 0.6) is 0 Å². The first-order valence-corrected chi connectivity index (χ1v) is 9.51. The lowest BCUT2D eigenvalue weighted by Gasteiger charge is -2.49. The first kappa shape index (κ1) is 21.1. The molecule has 3 heteroatoms. The zero-order valence-corrected chi connectivity index (χ0v) is 17.9. The van der Waals surface area contributed by atoms with E-state index in [1.54, 1.807) is 0 Å². The maximum atomic E-state index is 6.39. The van der Waals surface area contributed by atoms with Gasteiger partial charge in [0.05, 0.1) is 5.54 Å². The molecule has 0 bridgehead atoms. The van der Waals surface area contributed by atoms with Gasteiger partial charge in [-0.05, 0) is 43.9 Å². The van der Waals surface area contributed by atoms with Gasteiger partial charge >= 0.3 is 0 Å². The van der Waals surface area contributed by atoms with Crippen molar-refractivity contribution in [1.82, 2.24) is 5.32 Å². The first-order chi connectivity index (χ1) is 12.2. The lowest BCUT2D eigenvalue weighted by atomic mass is 9.67. The summed E-state index contributed by atoms with van der Waals surface area (Å²) in [4.78, 5) is 0. The minimum absolute atomic E-state index is 0. The Morgan fingerprint density at radius 3 is 1.81 bits per heavy atom. The Hall–Kier alpha value is -1.16. The zero-order chi connectivity index (χ0) is 17.8. The molecule has 3 rings (SSSR count). The summed E-state index contributed by atoms with van der Waals surface area (Å²) in [6, 6.07) is 21.3. The molecule has 1 N–H and O–H groups in total. The van der Waals surface area contributed by atoms with Gasteiger partial charge < -0.3 is 10.1 Å². The van der Waals surface area contributed by atoms with E-state index in [9.17, 15) is 0 Å². The van der Waals surface area contributed by atoms with Crippen LogP contribution in [0.25, 0.3) is 0 Å². The molecule has 1 aliphatic carbocycles. The number of rotatable bonds is 8. The average Bonchev–Trinajstić information content (AvgIpc) is 2.63. The van der Waals surface area contributed by atoms with E-state index < -0.39 is 5.60 Å². The normalized spacial score (nSPS) is 17.0. The maximum absolute atomic E-state index is 6.39. The minimum Gasteiger partial charge on any atom is -0.367 e. The monoisotopic (exact) mass is 417 g/mol. The fraction of sp³-hybridized carbons (Fsp3) is 0.478. The number of benzene rings is 2. The van der Waals surface area contributed by atoms with Crippen LogP contribution in [0.1, 0.15) is 50.2 Å². The highest BCUT2D eigenvalue weighted by molar-refractivity contribution is 8.93. The number of hydrogen-bond donors (Lipinski definition) is 1. The Labute approximate surface area is 169 Å². The molecule has 1 unspecified atom stereocenters. The molecule has 1 saturated carbocycles. The van der Waals surface area contributed by atoms with Crippen molar-refractivity contribution in [1.29, 1.82) is 0 Å². The van der Waals surface area contributed by atoms with Crippen molar-refractivity contribution in [3.63, 3.8) is 0 Å². The van der Waals surface area contributed by atoms with Crippen molar-refractivity contribution in [2.24, 2.45) is 5.92 Å². The van der Waals surface area contributed by atoms with E-state index in [1.165, 1.54) is 36.8 Å². The van der Waals surface area contributed by atoms with Gasteiger partial charge in [-0.1, -0.05) is 79.9 Å². The molecular weight excluding hydrogens is 386 g/mol. The quantitative estimate of drug-likeness (QED) is 0.593. The molecule has 26 heavy (non-hydrogen) atoms. The predicted molar refractivity (Wildman–Crippen MR) is 115 cm³/mol. The second kappa shape index (κ2) is 9.16. The minimum atomic E-state index is -0.520. The highest BCUT2D eigenvalue weighted by atomic mass is 79.9. The predicted octanol–water partition coefficient (Wildman–Crippen LogP) is 5.71. The van der Waals surface area contributed by atoms with Crippen molar-refractivity contribution in [2.75, 3.05) is 14.2 Å². The van der Waals surface area contributed by atoms with Crippen molar-refractivity contribution in [3.05, 3.63) is 71.8 Å². The first-order valence-electron chi connectivity index (χ1n) is 9.51. The number of hydrogen-bond acceptors (Lipinski definition) is 2. The maximum Gasteiger partial charge on any atom is 0.135 e. The summed E-state index contributed by atoms with van der Waals surface area (Å²) in [6.45, 7) is 2.31. The van der Waals surface area contributed by atoms with Gasteiger partial charge in [0.15, 0.2) is 0 Å². The summed E-state index contributed by atoms with van der Waals surface area (Å²) in [5.74, 6) is 0.883. The molecule has 1 fully saturated rings. The lowest BCUT2D eigenvalue weighted by Crippen LogP contribution is -2.59. The van der Waals surface area contributed by atoms with E-state index in [0.29, 0.717) is 0 Å². The topological polar surface area (TPSA) is 21.3 Å². The third-order valence-corrected chi connectivity index (χ3v) is 6.27. The molecule has 2 aromatic rings. The highest BCUT2D eigenvalue weighted by Crippen LogP contribution is 2.46. The van der Waals surface area contributed by atoms with Crippen LogP contribution in [-0.2, 0) is 10.3 Å². The lowest BCUT2D eigenvalue weighted by molar-refractivity contribution is -0.0574. The molecule has 0 saturated heterocycles. The van der Waals surface area contributed by atoms with Gasteiger partial charge in [-0.2, -0.15) is 0 Å². The second-order valence-corrected chi connectivity index (χ2v) is 7.54. The number of halogens is 1. The van der Waals surface area contributed by atoms with Crippen molar-refractivity contribution < 1.29 is 4.74 Å². The Morgan fingerprint density at radius 1 is 0.962 bits per heavy atom. The molecule has 0 aromatic heterocycles. The van der Waals surface area contributed by atoms with E-state index >= 15 is 0 Å². The number of ether oxygens (including phenoxy) is 1. The van der Waals surface area contributed by atoms with E-state index in [4.69, 9.17) is 4.74 Å². The molecule has 2 nitrogen and oxygen atoms in total. The standard InChI is InChI=1S/C23H31NO.BrH/c1-22(24-2,18-17-19-11-10-12-19)23(25-3,20-13-6-4-7-14-20)21-15-8-5-9-16-21;/h4-9,13-16,19,24H,10-12,17-18H2,1-3H3;1H. The molecule has 0 heterocycles. The van der Waals surface area contributed by atoms with E-state index in [-0.39, 0.29) is 22.5 Å². The van der Waals surface area contributed by atoms with Crippen LogP contribution in [0.2, 0.25) is 0 Å². The molecule has 0 radical (unpaired) electrons. The average molecular weight is 418 g/mol. The molecule has 1 atom stereocenters. The summed E-state index contributed by atoms with van der Waals surface area (Å²) in [5, 5.41) is 3.65. The zero-order valence-electron chi connectivity index (χ0n) is 16.2. The Bertz CT molecular complexity index is 617. The van der Waals surface area contributed by atoms with Gasteiger partial charge in [0.1, 0.15) is 5.60 Å². The molecule has 142 valence electrons. The molecule has 0 amide bonds. The smallest absolute Gasteiger partial charge is 0.135 e. The van der Waals surface area contributed by atoms with Gasteiger partial charge in [0, 0.05) is 7.11 Å². The summed E-state index contributed by atoms with van der Waals surface area (Å²) >= 11 is 0. The van der Waals surface area contributed by atoms with E-state index in [1.807, 2.05) is 7.11 Å². The van der Waals surface area contributed by atoms with Crippen molar-refractivity contribution in [2.45, 2.75) is 50.2 Å². The van der Waals surface area contributed by atoms with Crippen LogP contribution in [0.3, 0.4) is 0 Å². The van der Waals surface area contributed by atoms with Crippen molar-refractivity contribution in [3.8, 4) is 0 Å². The third kappa shape index (κ3) is 3.76. The number of methoxy groups -OCH3 is 1. The van der Waals surface area contributed by atoms with Crippen LogP contribution in [0.15, 0.2) is 60.7 Å². The fourth-order valence-electron chi connectivity index (χ4n) is 4.36. The van der Waals surface area contributed by atoms with Crippen LogP contribution < -0.4 is 5.32 Å². The van der Waals surface area contributed by atoms with Gasteiger partial charge in [0.2, 0.25) is 0 Å². The summed E-state index contributed by atoms with van der Waals surface area (Å²) in [5.41, 5.74) is 1.69. The Kier molecular flexibility index (Phi) is 7.45. The van der Waals surface area contributed by atoms with Gasteiger partial charge in [-0.25, -0.2) is 0 Å². The van der Waals surface area contributed by atoms with Crippen LogP contribution in [0, 0.1) is 5.92 Å². The molecular formula is C23H32BrNO. The van der Waals surface area contributed by atoms with Crippen LogP contribution in [0.4, 0.5) is 0 Å². The third-order valence-electron chi connectivity index (χ3n) is 6.27.